The lowest BCUT2D eigenvalue weighted by Crippen LogP contribution is -2.57. The maximum Gasteiger partial charge on any atom is 0.239 e. The van der Waals surface area contributed by atoms with Gasteiger partial charge in [-0.05, 0) is 60.4 Å². The third-order valence-electron chi connectivity index (χ3n) is 7.71. The number of Topliss-reactive ketones (excluding diaryl/α,β-unsaturated/α-hetero) is 2. The molecule has 2 atom stereocenters. The van der Waals surface area contributed by atoms with Crippen LogP contribution in [0.1, 0.15) is 52.4 Å². The predicted octanol–water partition coefficient (Wildman–Crippen LogP) is 4.03. The summed E-state index contributed by atoms with van der Waals surface area (Å²) in [5.74, 6) is -2.62. The van der Waals surface area contributed by atoms with E-state index in [4.69, 9.17) is 0 Å². The summed E-state index contributed by atoms with van der Waals surface area (Å²) in [7, 11) is 0. The average Bonchev–Trinajstić information content (AvgIpc) is 3.09. The molecule has 1 saturated heterocycles. The van der Waals surface area contributed by atoms with Crippen LogP contribution in [0.25, 0.3) is 0 Å². The van der Waals surface area contributed by atoms with Crippen LogP contribution in [0.4, 0.5) is 5.69 Å². The fourth-order valence-corrected chi connectivity index (χ4v) is 6.47. The summed E-state index contributed by atoms with van der Waals surface area (Å²) >= 11 is 0. The molecule has 3 aromatic carbocycles. The van der Waals surface area contributed by atoms with Crippen LogP contribution in [0.2, 0.25) is 0 Å². The molecule has 5 nitrogen and oxygen atoms in total. The molecule has 0 aromatic heterocycles. The molecule has 2 amide bonds. The van der Waals surface area contributed by atoms with Gasteiger partial charge in [0.05, 0.1) is 22.9 Å². The molecule has 33 heavy (non-hydrogen) atoms. The molecule has 0 spiro atoms. The maximum absolute atomic E-state index is 14.0. The van der Waals surface area contributed by atoms with Gasteiger partial charge >= 0.3 is 0 Å². The van der Waals surface area contributed by atoms with Gasteiger partial charge in [-0.1, -0.05) is 48.5 Å². The summed E-state index contributed by atoms with van der Waals surface area (Å²) in [6.07, 6.45) is 0. The number of benzene rings is 3. The van der Waals surface area contributed by atoms with Gasteiger partial charge in [0, 0.05) is 11.5 Å². The third-order valence-corrected chi connectivity index (χ3v) is 7.71. The minimum Gasteiger partial charge on any atom is -0.299 e. The highest BCUT2D eigenvalue weighted by atomic mass is 16.2. The van der Waals surface area contributed by atoms with Crippen molar-refractivity contribution in [3.63, 3.8) is 0 Å². The summed E-state index contributed by atoms with van der Waals surface area (Å²) < 4.78 is 0. The molecular formula is C28H21NO4. The Kier molecular flexibility index (Phi) is 3.95. The van der Waals surface area contributed by atoms with E-state index in [-0.39, 0.29) is 29.3 Å². The third kappa shape index (κ3) is 2.26. The lowest BCUT2D eigenvalue weighted by Gasteiger charge is -2.52. The molecule has 0 N–H and O–H groups in total. The summed E-state index contributed by atoms with van der Waals surface area (Å²) in [6, 6.07) is 21.9. The van der Waals surface area contributed by atoms with Gasteiger partial charge in [-0.2, -0.15) is 0 Å². The second kappa shape index (κ2) is 6.58. The van der Waals surface area contributed by atoms with Crippen LogP contribution in [0.15, 0.2) is 72.8 Å². The Bertz CT molecular complexity index is 1340. The Labute approximate surface area is 191 Å². The van der Waals surface area contributed by atoms with Gasteiger partial charge in [-0.25, -0.2) is 4.90 Å². The van der Waals surface area contributed by atoms with Crippen LogP contribution in [0.3, 0.4) is 0 Å². The van der Waals surface area contributed by atoms with Gasteiger partial charge in [0.15, 0.2) is 5.78 Å². The standard InChI is InChI=1S/C28H21NO4/c1-15(30)17-11-13-18(14-12-17)29-26(32)24-23-19-7-3-5-9-21(19)28(16(2)31,25(24)27(29)33)22-10-6-4-8-20(22)23/h3-14,23-25H,1-2H3. The molecule has 3 aromatic rings. The average molecular weight is 435 g/mol. The first kappa shape index (κ1) is 19.8. The lowest BCUT2D eigenvalue weighted by atomic mass is 9.46. The van der Waals surface area contributed by atoms with Crippen molar-refractivity contribution in [1.29, 1.82) is 0 Å². The highest BCUT2D eigenvalue weighted by Crippen LogP contribution is 2.64. The molecule has 2 bridgehead atoms. The molecule has 162 valence electrons. The first-order valence-electron chi connectivity index (χ1n) is 11.1. The first-order valence-corrected chi connectivity index (χ1v) is 11.1. The largest absolute Gasteiger partial charge is 0.299 e. The van der Waals surface area contributed by atoms with Gasteiger partial charge in [0.1, 0.15) is 5.78 Å². The number of hydrogen-bond acceptors (Lipinski definition) is 4. The van der Waals surface area contributed by atoms with E-state index in [0.29, 0.717) is 11.3 Å². The van der Waals surface area contributed by atoms with E-state index >= 15 is 0 Å². The molecular weight excluding hydrogens is 414 g/mol. The number of carbonyl (C=O) groups excluding carboxylic acids is 4. The van der Waals surface area contributed by atoms with Crippen molar-refractivity contribution in [2.45, 2.75) is 25.2 Å². The van der Waals surface area contributed by atoms with Crippen LogP contribution in [-0.4, -0.2) is 23.4 Å². The van der Waals surface area contributed by atoms with E-state index < -0.39 is 17.3 Å². The van der Waals surface area contributed by atoms with Gasteiger partial charge < -0.3 is 0 Å². The van der Waals surface area contributed by atoms with E-state index in [9.17, 15) is 19.2 Å². The summed E-state index contributed by atoms with van der Waals surface area (Å²) in [6.45, 7) is 3.00. The van der Waals surface area contributed by atoms with E-state index in [1.807, 2.05) is 48.5 Å². The smallest absolute Gasteiger partial charge is 0.239 e. The normalized spacial score (nSPS) is 26.6. The fraction of sp³-hybridized carbons (Fsp3) is 0.214. The van der Waals surface area contributed by atoms with Crippen LogP contribution in [-0.2, 0) is 19.8 Å². The van der Waals surface area contributed by atoms with E-state index in [1.165, 1.54) is 18.7 Å². The van der Waals surface area contributed by atoms with Crippen molar-refractivity contribution in [2.24, 2.45) is 11.8 Å². The van der Waals surface area contributed by atoms with Crippen LogP contribution in [0, 0.1) is 11.8 Å². The van der Waals surface area contributed by atoms with Crippen molar-refractivity contribution in [1.82, 2.24) is 0 Å². The molecule has 5 heteroatoms. The summed E-state index contributed by atoms with van der Waals surface area (Å²) in [5, 5.41) is 0. The Morgan fingerprint density at radius 2 is 1.30 bits per heavy atom. The molecule has 4 aliphatic rings. The molecule has 0 saturated carbocycles. The summed E-state index contributed by atoms with van der Waals surface area (Å²) in [4.78, 5) is 54.3. The Morgan fingerprint density at radius 1 is 0.758 bits per heavy atom. The van der Waals surface area contributed by atoms with Crippen LogP contribution >= 0.6 is 0 Å². The van der Waals surface area contributed by atoms with Crippen LogP contribution in [0.5, 0.6) is 0 Å². The van der Waals surface area contributed by atoms with E-state index in [2.05, 4.69) is 0 Å². The van der Waals surface area contributed by atoms with Crippen molar-refractivity contribution < 1.29 is 19.2 Å². The highest BCUT2D eigenvalue weighted by molar-refractivity contribution is 6.25. The number of ketones is 2. The minimum atomic E-state index is -1.20. The maximum atomic E-state index is 14.0. The van der Waals surface area contributed by atoms with Crippen LogP contribution < -0.4 is 4.90 Å². The molecule has 2 unspecified atom stereocenters. The van der Waals surface area contributed by atoms with Gasteiger partial charge in [-0.15, -0.1) is 0 Å². The molecule has 3 aliphatic carbocycles. The second-order valence-corrected chi connectivity index (χ2v) is 9.13. The number of anilines is 1. The Hall–Kier alpha value is -3.86. The number of amides is 2. The fourth-order valence-electron chi connectivity index (χ4n) is 6.47. The van der Waals surface area contributed by atoms with Gasteiger partial charge in [0.25, 0.3) is 0 Å². The molecule has 1 fully saturated rings. The zero-order valence-corrected chi connectivity index (χ0v) is 18.2. The van der Waals surface area contributed by atoms with Gasteiger partial charge in [0.2, 0.25) is 11.8 Å². The Balaban J connectivity index is 1.61. The monoisotopic (exact) mass is 435 g/mol. The topological polar surface area (TPSA) is 71.5 Å². The number of imide groups is 1. The zero-order chi connectivity index (χ0) is 23.1. The van der Waals surface area contributed by atoms with Gasteiger partial charge in [-0.3, -0.25) is 19.2 Å². The van der Waals surface area contributed by atoms with E-state index in [0.717, 1.165) is 22.3 Å². The zero-order valence-electron chi connectivity index (χ0n) is 18.2. The molecule has 0 radical (unpaired) electrons. The second-order valence-electron chi connectivity index (χ2n) is 9.13. The molecule has 1 aliphatic heterocycles. The first-order chi connectivity index (χ1) is 15.9. The number of rotatable bonds is 3. The highest BCUT2D eigenvalue weighted by Gasteiger charge is 2.69. The molecule has 7 rings (SSSR count). The number of nitrogens with zero attached hydrogens (tertiary/aromatic N) is 1. The SMILES string of the molecule is CC(=O)c1ccc(N2C(=O)C3C4c5ccccc5C(C(C)=O)(c5ccccc54)C3C2=O)cc1. The summed E-state index contributed by atoms with van der Waals surface area (Å²) in [5.41, 5.74) is 3.29. The van der Waals surface area contributed by atoms with Crippen molar-refractivity contribution in [2.75, 3.05) is 4.90 Å². The Morgan fingerprint density at radius 3 is 1.82 bits per heavy atom. The number of hydrogen-bond donors (Lipinski definition) is 0. The van der Waals surface area contributed by atoms with Crippen molar-refractivity contribution in [3.8, 4) is 0 Å². The van der Waals surface area contributed by atoms with E-state index in [1.54, 1.807) is 24.3 Å². The van der Waals surface area contributed by atoms with Crippen molar-refractivity contribution in [3.05, 3.63) is 101 Å². The van der Waals surface area contributed by atoms with Crippen molar-refractivity contribution >= 4 is 29.1 Å². The number of carbonyl (C=O) groups is 4. The lowest BCUT2D eigenvalue weighted by molar-refractivity contribution is -0.132. The minimum absolute atomic E-state index is 0.0891. The molecule has 1 heterocycles. The quantitative estimate of drug-likeness (QED) is 0.460. The predicted molar refractivity (Wildman–Crippen MR) is 122 cm³/mol.